The summed E-state index contributed by atoms with van der Waals surface area (Å²) in [5.41, 5.74) is 10.2. The summed E-state index contributed by atoms with van der Waals surface area (Å²) in [6.07, 6.45) is 9.66. The van der Waals surface area contributed by atoms with Gasteiger partial charge in [-0.1, -0.05) is 62.4 Å². The molecule has 4 amide bonds. The van der Waals surface area contributed by atoms with Gasteiger partial charge in [-0.25, -0.2) is 14.6 Å². The third kappa shape index (κ3) is 8.84. The van der Waals surface area contributed by atoms with Gasteiger partial charge in [0.25, 0.3) is 0 Å². The number of amides is 4. The normalized spacial score (nSPS) is 22.2. The average Bonchev–Trinajstić information content (AvgIpc) is 4.13. The fourth-order valence-corrected chi connectivity index (χ4v) is 10.2. The fraction of sp³-hybridized carbons (Fsp3) is 0.521. The number of hydrogen-bond donors (Lipinski definition) is 4. The smallest absolute Gasteiger partial charge is 0.407 e. The molecule has 5 heterocycles. The highest BCUT2D eigenvalue weighted by atomic mass is 16.5. The van der Waals surface area contributed by atoms with Crippen LogP contribution in [0.25, 0.3) is 33.6 Å². The molecule has 4 N–H and O–H groups in total. The number of carbonyl (C=O) groups excluding carboxylic acids is 4. The maximum Gasteiger partial charge on any atom is 0.407 e. The number of rotatable bonds is 11. The molecule has 330 valence electrons. The lowest BCUT2D eigenvalue weighted by Gasteiger charge is -2.36. The lowest BCUT2D eigenvalue weighted by molar-refractivity contribution is -0.137. The highest BCUT2D eigenvalue weighted by Gasteiger charge is 2.42. The summed E-state index contributed by atoms with van der Waals surface area (Å²) in [5, 5.41) is 5.62. The number of imidazole rings is 1. The van der Waals surface area contributed by atoms with Crippen molar-refractivity contribution in [3.8, 4) is 33.6 Å². The number of methoxy groups -OCH3 is 2. The number of hydrogen-bond acceptors (Lipinski definition) is 8. The van der Waals surface area contributed by atoms with Crippen molar-refractivity contribution in [1.82, 2.24) is 35.4 Å². The van der Waals surface area contributed by atoms with Crippen LogP contribution in [0.2, 0.25) is 0 Å². The lowest BCUT2D eigenvalue weighted by Crippen LogP contribution is -2.53. The van der Waals surface area contributed by atoms with E-state index in [0.29, 0.717) is 32.5 Å². The first kappa shape index (κ1) is 43.0. The zero-order chi connectivity index (χ0) is 43.5. The molecule has 0 radical (unpaired) electrons. The van der Waals surface area contributed by atoms with Gasteiger partial charge in [0, 0.05) is 31.1 Å². The van der Waals surface area contributed by atoms with Crippen molar-refractivity contribution in [3.05, 3.63) is 77.4 Å². The molecule has 4 aromatic rings. The summed E-state index contributed by atoms with van der Waals surface area (Å²) in [6, 6.07) is 15.5. The fourth-order valence-electron chi connectivity index (χ4n) is 10.2. The van der Waals surface area contributed by atoms with Gasteiger partial charge in [0.2, 0.25) is 11.8 Å². The van der Waals surface area contributed by atoms with Crippen molar-refractivity contribution in [2.45, 2.75) is 115 Å². The van der Waals surface area contributed by atoms with Crippen molar-refractivity contribution in [2.75, 3.05) is 33.9 Å². The van der Waals surface area contributed by atoms with Crippen molar-refractivity contribution in [3.63, 3.8) is 0 Å². The summed E-state index contributed by atoms with van der Waals surface area (Å²) in [5.74, 6) is 0.431. The van der Waals surface area contributed by atoms with Crippen LogP contribution in [0.15, 0.2) is 54.7 Å². The Morgan fingerprint density at radius 1 is 0.742 bits per heavy atom. The van der Waals surface area contributed by atoms with Crippen molar-refractivity contribution >= 4 is 24.0 Å². The van der Waals surface area contributed by atoms with E-state index in [1.807, 2.05) is 36.8 Å². The van der Waals surface area contributed by atoms with Crippen LogP contribution >= 0.6 is 0 Å². The number of aromatic nitrogens is 3. The molecule has 0 saturated carbocycles. The van der Waals surface area contributed by atoms with Gasteiger partial charge in [-0.3, -0.25) is 9.59 Å². The molecule has 4 unspecified atom stereocenters. The predicted molar refractivity (Wildman–Crippen MR) is 235 cm³/mol. The number of ether oxygens (including phenoxy) is 3. The number of H-pyrrole nitrogens is 2. The Balaban J connectivity index is 0.967. The number of carbonyl (C=O) groups is 4. The SMILES string of the molecule is COC(=O)NC(C(=O)N1CCC[C@H]1c1ncc(-c2ccc(-c3ccc(-c4[nH]c(C5CCCN5C(=O)[C@@H](NC(=O)OC)C(C)C)c5c4CCCC5)cc3)cc2)[nH]1)C1CCOC(C)C1. The van der Waals surface area contributed by atoms with Gasteiger partial charge in [0.05, 0.1) is 44.3 Å². The Kier molecular flexibility index (Phi) is 13.0. The summed E-state index contributed by atoms with van der Waals surface area (Å²) in [4.78, 5) is 68.5. The van der Waals surface area contributed by atoms with Crippen LogP contribution in [0.1, 0.15) is 107 Å². The van der Waals surface area contributed by atoms with Crippen molar-refractivity contribution in [1.29, 1.82) is 0 Å². The molecule has 8 rings (SSSR count). The summed E-state index contributed by atoms with van der Waals surface area (Å²) in [6.45, 7) is 7.69. The standard InChI is InChI=1S/C48H61N7O7/c1-28(2)40(52-47(58)60-4)45(56)54-23-8-12-38(54)43-36-11-7-6-10-35(36)41(51-43)33-20-16-31(17-21-33)30-14-18-32(19-15-30)37-27-49-44(50-37)39-13-9-24-55(39)46(57)42(53-48(59)61-5)34-22-25-62-29(3)26-34/h14-21,27-29,34,38-40,42,51H,6-13,22-26H2,1-5H3,(H,49,50)(H,52,58)(H,53,59)/t29?,34?,38?,39-,40-,42?/m0/s1. The molecule has 2 aromatic carbocycles. The van der Waals surface area contributed by atoms with Gasteiger partial charge in [-0.05, 0) is 116 Å². The van der Waals surface area contributed by atoms with E-state index in [1.54, 1.807) is 0 Å². The number of benzene rings is 2. The minimum atomic E-state index is -0.696. The van der Waals surface area contributed by atoms with Crippen LogP contribution in [-0.2, 0) is 36.6 Å². The van der Waals surface area contributed by atoms with Gasteiger partial charge in [0.15, 0.2) is 0 Å². The molecule has 3 saturated heterocycles. The van der Waals surface area contributed by atoms with Crippen LogP contribution in [0.3, 0.4) is 0 Å². The Morgan fingerprint density at radius 2 is 1.34 bits per heavy atom. The first-order valence-corrected chi connectivity index (χ1v) is 22.5. The van der Waals surface area contributed by atoms with E-state index in [9.17, 15) is 19.2 Å². The molecule has 14 heteroatoms. The number of fused-ring (bicyclic) bond motifs is 1. The molecule has 2 aromatic heterocycles. The van der Waals surface area contributed by atoms with Crippen molar-refractivity contribution in [2.24, 2.45) is 11.8 Å². The van der Waals surface area contributed by atoms with Crippen LogP contribution in [-0.4, -0.2) is 101 Å². The van der Waals surface area contributed by atoms with Crippen molar-refractivity contribution < 1.29 is 33.4 Å². The largest absolute Gasteiger partial charge is 0.453 e. The molecule has 0 spiro atoms. The molecule has 62 heavy (non-hydrogen) atoms. The Morgan fingerprint density at radius 3 is 1.98 bits per heavy atom. The second-order valence-corrected chi connectivity index (χ2v) is 17.7. The highest BCUT2D eigenvalue weighted by molar-refractivity contribution is 5.87. The third-order valence-electron chi connectivity index (χ3n) is 13.5. The first-order valence-electron chi connectivity index (χ1n) is 22.5. The zero-order valence-electron chi connectivity index (χ0n) is 36.6. The number of alkyl carbamates (subject to hydrolysis) is 2. The maximum atomic E-state index is 14.1. The minimum Gasteiger partial charge on any atom is -0.453 e. The number of nitrogens with zero attached hydrogens (tertiary/aromatic N) is 3. The molecular formula is C48H61N7O7. The Labute approximate surface area is 363 Å². The molecule has 1 aliphatic carbocycles. The van der Waals surface area contributed by atoms with E-state index in [-0.39, 0.29) is 41.8 Å². The first-order chi connectivity index (χ1) is 30.0. The number of likely N-dealkylation sites (tertiary alicyclic amines) is 2. The van der Waals surface area contributed by atoms with Gasteiger partial charge < -0.3 is 44.6 Å². The van der Waals surface area contributed by atoms with Crippen LogP contribution in [0.4, 0.5) is 9.59 Å². The second-order valence-electron chi connectivity index (χ2n) is 17.7. The van der Waals surface area contributed by atoms with Gasteiger partial charge in [-0.2, -0.15) is 0 Å². The molecule has 3 aliphatic heterocycles. The number of aromatic amines is 2. The zero-order valence-corrected chi connectivity index (χ0v) is 36.6. The molecular weight excluding hydrogens is 787 g/mol. The Hall–Kier alpha value is -5.63. The molecule has 14 nitrogen and oxygen atoms in total. The third-order valence-corrected chi connectivity index (χ3v) is 13.5. The summed E-state index contributed by atoms with van der Waals surface area (Å²) in [7, 11) is 2.64. The average molecular weight is 848 g/mol. The number of nitrogens with one attached hydrogen (secondary N) is 4. The quantitative estimate of drug-likeness (QED) is 0.118. The Bertz CT molecular complexity index is 2230. The molecule has 0 bridgehead atoms. The summed E-state index contributed by atoms with van der Waals surface area (Å²) < 4.78 is 15.5. The molecule has 6 atom stereocenters. The van der Waals surface area contributed by atoms with Crippen LogP contribution in [0, 0.1) is 11.8 Å². The van der Waals surface area contributed by atoms with E-state index >= 15 is 0 Å². The topological polar surface area (TPSA) is 171 Å². The lowest BCUT2D eigenvalue weighted by atomic mass is 9.88. The van der Waals surface area contributed by atoms with Crippen LogP contribution in [0.5, 0.6) is 0 Å². The van der Waals surface area contributed by atoms with E-state index in [4.69, 9.17) is 19.2 Å². The predicted octanol–water partition coefficient (Wildman–Crippen LogP) is 7.86. The van der Waals surface area contributed by atoms with Gasteiger partial charge in [-0.15, -0.1) is 0 Å². The molecule has 4 aliphatic rings. The van der Waals surface area contributed by atoms with Gasteiger partial charge in [0.1, 0.15) is 17.9 Å². The molecule has 3 fully saturated rings. The second kappa shape index (κ2) is 18.8. The monoisotopic (exact) mass is 847 g/mol. The van der Waals surface area contributed by atoms with E-state index in [1.165, 1.54) is 25.3 Å². The van der Waals surface area contributed by atoms with E-state index < -0.39 is 24.3 Å². The van der Waals surface area contributed by atoms with E-state index in [2.05, 4.69) is 69.1 Å². The highest BCUT2D eigenvalue weighted by Crippen LogP contribution is 2.42. The minimum absolute atomic E-state index is 0.0120. The van der Waals surface area contributed by atoms with E-state index in [0.717, 1.165) is 96.5 Å². The maximum absolute atomic E-state index is 14.1. The van der Waals surface area contributed by atoms with Gasteiger partial charge >= 0.3 is 12.2 Å². The van der Waals surface area contributed by atoms with Crippen LogP contribution < -0.4 is 10.6 Å². The summed E-state index contributed by atoms with van der Waals surface area (Å²) >= 11 is 0.